The fourth-order valence-electron chi connectivity index (χ4n) is 3.22. The average molecular weight is 352 g/mol. The van der Waals surface area contributed by atoms with Gasteiger partial charge in [0.25, 0.3) is 0 Å². The van der Waals surface area contributed by atoms with Gasteiger partial charge in [-0.2, -0.15) is 0 Å². The van der Waals surface area contributed by atoms with Crippen LogP contribution in [0.2, 0.25) is 0 Å². The van der Waals surface area contributed by atoms with Crippen molar-refractivity contribution in [2.45, 2.75) is 76.9 Å². The van der Waals surface area contributed by atoms with Crippen molar-refractivity contribution >= 4 is 11.8 Å². The monoisotopic (exact) mass is 352 g/mol. The van der Waals surface area contributed by atoms with E-state index in [-0.39, 0.29) is 30.5 Å². The number of rotatable bonds is 12. The zero-order chi connectivity index (χ0) is 18.7. The van der Waals surface area contributed by atoms with Gasteiger partial charge in [0, 0.05) is 24.7 Å². The molecule has 0 heterocycles. The molecule has 0 aliphatic heterocycles. The molecule has 1 fully saturated rings. The minimum Gasteiger partial charge on any atom is -0.481 e. The first-order valence-electron chi connectivity index (χ1n) is 9.39. The highest BCUT2D eigenvalue weighted by Crippen LogP contribution is 2.33. The van der Waals surface area contributed by atoms with Crippen LogP contribution in [0.3, 0.4) is 0 Å². The number of unbranched alkanes of at least 4 members (excludes halogenated alkanes) is 3. The third-order valence-corrected chi connectivity index (χ3v) is 4.72. The van der Waals surface area contributed by atoms with Gasteiger partial charge in [-0.1, -0.05) is 50.5 Å². The van der Waals surface area contributed by atoms with E-state index in [1.807, 2.05) is 12.2 Å². The minimum atomic E-state index is -0.798. The van der Waals surface area contributed by atoms with E-state index in [9.17, 15) is 19.8 Å². The number of hydrogen-bond donors (Lipinski definition) is 3. The zero-order valence-electron chi connectivity index (χ0n) is 15.1. The van der Waals surface area contributed by atoms with Crippen LogP contribution in [0.25, 0.3) is 0 Å². The summed E-state index contributed by atoms with van der Waals surface area (Å²) in [6.07, 6.45) is 12.1. The second-order valence-electron chi connectivity index (χ2n) is 6.87. The number of aliphatic hydroxyl groups excluding tert-OH is 2. The van der Waals surface area contributed by atoms with Gasteiger partial charge in [0.1, 0.15) is 5.78 Å². The van der Waals surface area contributed by atoms with E-state index >= 15 is 0 Å². The molecule has 0 aromatic rings. The van der Waals surface area contributed by atoms with Crippen LogP contribution in [0, 0.1) is 11.8 Å². The number of carbonyl (C=O) groups excluding carboxylic acids is 1. The lowest BCUT2D eigenvalue weighted by atomic mass is 9.90. The molecule has 5 nitrogen and oxygen atoms in total. The van der Waals surface area contributed by atoms with E-state index in [4.69, 9.17) is 5.11 Å². The molecule has 0 unspecified atom stereocenters. The van der Waals surface area contributed by atoms with Gasteiger partial charge in [-0.15, -0.1) is 0 Å². The fraction of sp³-hybridized carbons (Fsp3) is 0.700. The van der Waals surface area contributed by atoms with Crippen molar-refractivity contribution < 1.29 is 24.9 Å². The van der Waals surface area contributed by atoms with E-state index in [1.165, 1.54) is 0 Å². The van der Waals surface area contributed by atoms with Gasteiger partial charge in [0.15, 0.2) is 0 Å². The SMILES string of the molecule is CCCCC[C@@H](O)/C=C/[C@@H]1C(=O)C[C@H](O)[C@@H]1C/C=C/CCCC(=O)O. The van der Waals surface area contributed by atoms with Crippen molar-refractivity contribution in [2.24, 2.45) is 11.8 Å². The first-order chi connectivity index (χ1) is 12.0. The van der Waals surface area contributed by atoms with Crippen LogP contribution in [0.15, 0.2) is 24.3 Å². The fourth-order valence-corrected chi connectivity index (χ4v) is 3.22. The molecular weight excluding hydrogens is 320 g/mol. The van der Waals surface area contributed by atoms with Gasteiger partial charge in [-0.05, 0) is 25.7 Å². The molecule has 0 aromatic carbocycles. The lowest BCUT2D eigenvalue weighted by Crippen LogP contribution is -2.19. The van der Waals surface area contributed by atoms with Crippen molar-refractivity contribution in [3.63, 3.8) is 0 Å². The highest BCUT2D eigenvalue weighted by Gasteiger charge is 2.39. The summed E-state index contributed by atoms with van der Waals surface area (Å²) < 4.78 is 0. The molecule has 3 N–H and O–H groups in total. The largest absolute Gasteiger partial charge is 0.481 e. The van der Waals surface area contributed by atoms with Crippen molar-refractivity contribution in [2.75, 3.05) is 0 Å². The molecule has 1 aliphatic carbocycles. The third-order valence-electron chi connectivity index (χ3n) is 4.72. The number of hydrogen-bond acceptors (Lipinski definition) is 4. The van der Waals surface area contributed by atoms with E-state index in [0.29, 0.717) is 25.7 Å². The standard InChI is InChI=1S/C20H32O5/c1-2-3-6-9-15(21)12-13-17-16(18(22)14-19(17)23)10-7-4-5-8-11-20(24)25/h4,7,12-13,15-18,21-22H,2-3,5-6,8-11,14H2,1H3,(H,24,25)/b7-4+,13-12+/t15-,16-,17+,18+/m1/s1. The highest BCUT2D eigenvalue weighted by atomic mass is 16.4. The van der Waals surface area contributed by atoms with Crippen LogP contribution in [0.1, 0.15) is 64.7 Å². The molecular formula is C20H32O5. The number of Topliss-reactive ketones (excluding diaryl/α,β-unsaturated/α-hetero) is 1. The summed E-state index contributed by atoms with van der Waals surface area (Å²) in [4.78, 5) is 22.5. The molecule has 1 rings (SSSR count). The molecule has 0 radical (unpaired) electrons. The number of carboxylic acids is 1. The zero-order valence-corrected chi connectivity index (χ0v) is 15.1. The maximum atomic E-state index is 12.1. The van der Waals surface area contributed by atoms with Crippen LogP contribution in [-0.2, 0) is 9.59 Å². The number of aliphatic carboxylic acids is 1. The third kappa shape index (κ3) is 8.45. The summed E-state index contributed by atoms with van der Waals surface area (Å²) in [5, 5.41) is 28.7. The Hall–Kier alpha value is -1.46. The van der Waals surface area contributed by atoms with Gasteiger partial charge >= 0.3 is 5.97 Å². The molecule has 0 amide bonds. The summed E-state index contributed by atoms with van der Waals surface area (Å²) in [6.45, 7) is 2.11. The van der Waals surface area contributed by atoms with Crippen molar-refractivity contribution in [3.8, 4) is 0 Å². The molecule has 25 heavy (non-hydrogen) atoms. The maximum absolute atomic E-state index is 12.1. The molecule has 4 atom stereocenters. The topological polar surface area (TPSA) is 94.8 Å². The Labute approximate surface area is 150 Å². The van der Waals surface area contributed by atoms with Crippen LogP contribution in [0.5, 0.6) is 0 Å². The Morgan fingerprint density at radius 1 is 1.28 bits per heavy atom. The van der Waals surface area contributed by atoms with Crippen molar-refractivity contribution in [3.05, 3.63) is 24.3 Å². The number of ketones is 1. The number of aliphatic hydroxyl groups is 2. The van der Waals surface area contributed by atoms with Crippen LogP contribution in [0.4, 0.5) is 0 Å². The average Bonchev–Trinajstić information content (AvgIpc) is 2.82. The molecule has 1 aliphatic rings. The van der Waals surface area contributed by atoms with Gasteiger partial charge in [-0.25, -0.2) is 0 Å². The van der Waals surface area contributed by atoms with Gasteiger partial charge in [0.2, 0.25) is 0 Å². The van der Waals surface area contributed by atoms with Gasteiger partial charge in [0.05, 0.1) is 12.2 Å². The number of carboxylic acid groups (broad SMARTS) is 1. The molecule has 0 spiro atoms. The summed E-state index contributed by atoms with van der Waals surface area (Å²) in [7, 11) is 0. The van der Waals surface area contributed by atoms with E-state index in [1.54, 1.807) is 12.2 Å². The van der Waals surface area contributed by atoms with Crippen LogP contribution in [-0.4, -0.2) is 39.3 Å². The van der Waals surface area contributed by atoms with Crippen LogP contribution < -0.4 is 0 Å². The van der Waals surface area contributed by atoms with Crippen molar-refractivity contribution in [1.82, 2.24) is 0 Å². The lowest BCUT2D eigenvalue weighted by molar-refractivity contribution is -0.137. The second kappa shape index (κ2) is 12.0. The Bertz CT molecular complexity index is 469. The maximum Gasteiger partial charge on any atom is 0.303 e. The Balaban J connectivity index is 2.48. The Kier molecular flexibility index (Phi) is 10.3. The Morgan fingerprint density at radius 2 is 2.04 bits per heavy atom. The van der Waals surface area contributed by atoms with Gasteiger partial charge < -0.3 is 15.3 Å². The smallest absolute Gasteiger partial charge is 0.303 e. The highest BCUT2D eigenvalue weighted by molar-refractivity contribution is 5.86. The van der Waals surface area contributed by atoms with Crippen molar-refractivity contribution in [1.29, 1.82) is 0 Å². The molecule has 0 aromatic heterocycles. The summed E-state index contributed by atoms with van der Waals surface area (Å²) >= 11 is 0. The lowest BCUT2D eigenvalue weighted by Gasteiger charge is -2.17. The van der Waals surface area contributed by atoms with E-state index in [2.05, 4.69) is 6.92 Å². The molecule has 0 saturated heterocycles. The minimum absolute atomic E-state index is 0.0220. The predicted octanol–water partition coefficient (Wildman–Crippen LogP) is 3.25. The Morgan fingerprint density at radius 3 is 2.72 bits per heavy atom. The second-order valence-corrected chi connectivity index (χ2v) is 6.87. The quantitative estimate of drug-likeness (QED) is 0.370. The van der Waals surface area contributed by atoms with Gasteiger partial charge in [-0.3, -0.25) is 9.59 Å². The number of allylic oxidation sites excluding steroid dienone is 3. The van der Waals surface area contributed by atoms with E-state index in [0.717, 1.165) is 19.3 Å². The van der Waals surface area contributed by atoms with Crippen LogP contribution >= 0.6 is 0 Å². The predicted molar refractivity (Wildman–Crippen MR) is 97.1 cm³/mol. The first kappa shape index (κ1) is 21.6. The summed E-state index contributed by atoms with van der Waals surface area (Å²) in [5.74, 6) is -1.29. The number of carbonyl (C=O) groups is 2. The summed E-state index contributed by atoms with van der Waals surface area (Å²) in [6, 6.07) is 0. The molecule has 1 saturated carbocycles. The first-order valence-corrected chi connectivity index (χ1v) is 9.39. The molecule has 0 bridgehead atoms. The summed E-state index contributed by atoms with van der Waals surface area (Å²) in [5.41, 5.74) is 0. The van der Waals surface area contributed by atoms with E-state index < -0.39 is 18.2 Å². The normalized spacial score (nSPS) is 25.2. The molecule has 5 heteroatoms. The molecule has 142 valence electrons.